The standard InChI is InChI=1S/C15H25N5O4S.HI/c1-3-25(22,23)18-7-6-17-15(16-2)20-10-8-19(9-11-20)14(21)13-5-4-12-24-13;/h4-5,12,18H,3,6-11H2,1-2H3,(H,16,17);1H. The van der Waals surface area contributed by atoms with E-state index in [0.29, 0.717) is 51.0 Å². The van der Waals surface area contributed by atoms with Crippen LogP contribution in [-0.2, 0) is 10.0 Å². The Morgan fingerprint density at radius 3 is 2.42 bits per heavy atom. The van der Waals surface area contributed by atoms with Gasteiger partial charge in [0.25, 0.3) is 5.91 Å². The number of furan rings is 1. The van der Waals surface area contributed by atoms with Gasteiger partial charge in [0, 0.05) is 46.3 Å². The SMILES string of the molecule is CCS(=O)(=O)NCCNC(=NC)N1CCN(C(=O)c2ccco2)CC1.I. The van der Waals surface area contributed by atoms with Crippen molar-refractivity contribution in [2.75, 3.05) is 52.1 Å². The molecule has 2 N–H and O–H groups in total. The van der Waals surface area contributed by atoms with Gasteiger partial charge in [0.2, 0.25) is 10.0 Å². The molecule has 1 aromatic rings. The summed E-state index contributed by atoms with van der Waals surface area (Å²) in [5, 5.41) is 3.13. The zero-order valence-electron chi connectivity index (χ0n) is 15.0. The van der Waals surface area contributed by atoms with Crippen LogP contribution in [0, 0.1) is 0 Å². The average Bonchev–Trinajstić information content (AvgIpc) is 3.16. The normalized spacial score (nSPS) is 15.5. The number of nitrogens with one attached hydrogen (secondary N) is 2. The Kier molecular flexibility index (Phi) is 9.36. The van der Waals surface area contributed by atoms with Crippen molar-refractivity contribution in [2.24, 2.45) is 4.99 Å². The van der Waals surface area contributed by atoms with Gasteiger partial charge in [-0.1, -0.05) is 0 Å². The summed E-state index contributed by atoms with van der Waals surface area (Å²) in [5.74, 6) is 0.995. The number of guanidine groups is 1. The van der Waals surface area contributed by atoms with Gasteiger partial charge in [-0.3, -0.25) is 9.79 Å². The molecule has 0 aliphatic carbocycles. The highest BCUT2D eigenvalue weighted by Crippen LogP contribution is 2.09. The van der Waals surface area contributed by atoms with E-state index in [1.807, 2.05) is 4.90 Å². The first kappa shape index (κ1) is 22.7. The minimum absolute atomic E-state index is 0. The van der Waals surface area contributed by atoms with E-state index in [2.05, 4.69) is 15.0 Å². The Morgan fingerprint density at radius 1 is 1.23 bits per heavy atom. The number of carbonyl (C=O) groups excluding carboxylic acids is 1. The fourth-order valence-electron chi connectivity index (χ4n) is 2.49. The largest absolute Gasteiger partial charge is 0.459 e. The number of nitrogens with zero attached hydrogens (tertiary/aromatic N) is 3. The van der Waals surface area contributed by atoms with Crippen molar-refractivity contribution in [3.63, 3.8) is 0 Å². The zero-order chi connectivity index (χ0) is 18.3. The number of rotatable bonds is 6. The molecule has 2 heterocycles. The first-order valence-electron chi connectivity index (χ1n) is 8.22. The van der Waals surface area contributed by atoms with Gasteiger partial charge in [-0.25, -0.2) is 13.1 Å². The van der Waals surface area contributed by atoms with Crippen LogP contribution in [0.5, 0.6) is 0 Å². The predicted molar refractivity (Wildman–Crippen MR) is 110 cm³/mol. The average molecular weight is 499 g/mol. The van der Waals surface area contributed by atoms with Gasteiger partial charge >= 0.3 is 0 Å². The summed E-state index contributed by atoms with van der Waals surface area (Å²) in [4.78, 5) is 20.3. The third-order valence-electron chi connectivity index (χ3n) is 3.92. The number of hydrogen-bond acceptors (Lipinski definition) is 5. The van der Waals surface area contributed by atoms with Gasteiger partial charge in [-0.05, 0) is 19.1 Å². The Hall–Kier alpha value is -1.34. The lowest BCUT2D eigenvalue weighted by Crippen LogP contribution is -2.54. The second-order valence-corrected chi connectivity index (χ2v) is 7.62. The van der Waals surface area contributed by atoms with Crippen molar-refractivity contribution >= 4 is 45.9 Å². The van der Waals surface area contributed by atoms with Crippen LogP contribution in [-0.4, -0.2) is 82.2 Å². The molecule has 0 aromatic carbocycles. The van der Waals surface area contributed by atoms with Gasteiger partial charge in [-0.15, -0.1) is 24.0 Å². The molecule has 0 bridgehead atoms. The highest BCUT2D eigenvalue weighted by molar-refractivity contribution is 14.0. The molecule has 0 radical (unpaired) electrons. The molecule has 1 saturated heterocycles. The van der Waals surface area contributed by atoms with Gasteiger partial charge < -0.3 is 19.5 Å². The van der Waals surface area contributed by atoms with Crippen LogP contribution in [0.3, 0.4) is 0 Å². The Labute approximate surface area is 171 Å². The monoisotopic (exact) mass is 499 g/mol. The minimum atomic E-state index is -3.18. The number of aliphatic imine (C=N–C) groups is 1. The van der Waals surface area contributed by atoms with Crippen LogP contribution in [0.2, 0.25) is 0 Å². The molecular formula is C15H26IN5O4S. The van der Waals surface area contributed by atoms with E-state index in [4.69, 9.17) is 4.42 Å². The molecule has 1 amide bonds. The lowest BCUT2D eigenvalue weighted by molar-refractivity contribution is 0.0658. The highest BCUT2D eigenvalue weighted by atomic mass is 127. The topological polar surface area (TPSA) is 107 Å². The summed E-state index contributed by atoms with van der Waals surface area (Å²) in [6.07, 6.45) is 1.49. The second-order valence-electron chi connectivity index (χ2n) is 5.53. The van der Waals surface area contributed by atoms with Crippen LogP contribution in [0.1, 0.15) is 17.5 Å². The maximum atomic E-state index is 12.2. The fourth-order valence-corrected chi connectivity index (χ4v) is 3.11. The van der Waals surface area contributed by atoms with Crippen LogP contribution in [0.15, 0.2) is 27.8 Å². The number of halogens is 1. The zero-order valence-corrected chi connectivity index (χ0v) is 18.1. The van der Waals surface area contributed by atoms with Crippen molar-refractivity contribution in [1.29, 1.82) is 0 Å². The summed E-state index contributed by atoms with van der Waals surface area (Å²) in [6, 6.07) is 3.36. The predicted octanol–water partition coefficient (Wildman–Crippen LogP) is 0.170. The lowest BCUT2D eigenvalue weighted by Gasteiger charge is -2.36. The summed E-state index contributed by atoms with van der Waals surface area (Å²) < 4.78 is 30.4. The fraction of sp³-hybridized carbons (Fsp3) is 0.600. The van der Waals surface area contributed by atoms with E-state index in [1.165, 1.54) is 6.26 Å². The van der Waals surface area contributed by atoms with E-state index in [9.17, 15) is 13.2 Å². The summed E-state index contributed by atoms with van der Waals surface area (Å²) in [5.41, 5.74) is 0. The van der Waals surface area contributed by atoms with Crippen molar-refractivity contribution in [2.45, 2.75) is 6.92 Å². The Morgan fingerprint density at radius 2 is 1.88 bits per heavy atom. The van der Waals surface area contributed by atoms with Gasteiger partial charge in [0.05, 0.1) is 12.0 Å². The molecule has 0 saturated carbocycles. The smallest absolute Gasteiger partial charge is 0.289 e. The van der Waals surface area contributed by atoms with Crippen molar-refractivity contribution < 1.29 is 17.6 Å². The molecule has 0 spiro atoms. The Balaban J connectivity index is 0.00000338. The van der Waals surface area contributed by atoms with Crippen LogP contribution < -0.4 is 10.0 Å². The number of sulfonamides is 1. The molecule has 0 unspecified atom stereocenters. The molecule has 11 heteroatoms. The molecule has 1 aromatic heterocycles. The van der Waals surface area contributed by atoms with E-state index in [1.54, 1.807) is 31.0 Å². The molecule has 1 aliphatic rings. The number of piperazine rings is 1. The summed E-state index contributed by atoms with van der Waals surface area (Å²) in [7, 11) is -1.50. The van der Waals surface area contributed by atoms with Crippen molar-refractivity contribution in [3.8, 4) is 0 Å². The van der Waals surface area contributed by atoms with Gasteiger partial charge in [-0.2, -0.15) is 0 Å². The molecule has 1 aliphatic heterocycles. The maximum Gasteiger partial charge on any atom is 0.289 e. The third kappa shape index (κ3) is 6.43. The van der Waals surface area contributed by atoms with E-state index in [-0.39, 0.29) is 35.6 Å². The van der Waals surface area contributed by atoms with E-state index < -0.39 is 10.0 Å². The number of hydrogen-bond donors (Lipinski definition) is 2. The highest BCUT2D eigenvalue weighted by Gasteiger charge is 2.25. The minimum Gasteiger partial charge on any atom is -0.459 e. The van der Waals surface area contributed by atoms with E-state index in [0.717, 1.165) is 0 Å². The first-order valence-corrected chi connectivity index (χ1v) is 9.87. The quantitative estimate of drug-likeness (QED) is 0.250. The molecule has 148 valence electrons. The molecule has 9 nitrogen and oxygen atoms in total. The maximum absolute atomic E-state index is 12.2. The second kappa shape index (κ2) is 10.7. The van der Waals surface area contributed by atoms with Crippen LogP contribution >= 0.6 is 24.0 Å². The van der Waals surface area contributed by atoms with Crippen LogP contribution in [0.4, 0.5) is 0 Å². The first-order chi connectivity index (χ1) is 12.0. The van der Waals surface area contributed by atoms with Crippen molar-refractivity contribution in [1.82, 2.24) is 19.8 Å². The van der Waals surface area contributed by atoms with Crippen molar-refractivity contribution in [3.05, 3.63) is 24.2 Å². The Bertz CT molecular complexity index is 685. The van der Waals surface area contributed by atoms with Gasteiger partial charge in [0.15, 0.2) is 11.7 Å². The van der Waals surface area contributed by atoms with Crippen LogP contribution in [0.25, 0.3) is 0 Å². The number of amides is 1. The van der Waals surface area contributed by atoms with E-state index >= 15 is 0 Å². The summed E-state index contributed by atoms with van der Waals surface area (Å²) >= 11 is 0. The molecular weight excluding hydrogens is 473 g/mol. The molecule has 0 atom stereocenters. The molecule has 1 fully saturated rings. The number of carbonyl (C=O) groups is 1. The molecule has 26 heavy (non-hydrogen) atoms. The summed E-state index contributed by atoms with van der Waals surface area (Å²) in [6.45, 7) is 4.77. The third-order valence-corrected chi connectivity index (χ3v) is 5.32. The van der Waals surface area contributed by atoms with Gasteiger partial charge in [0.1, 0.15) is 0 Å². The molecule has 2 rings (SSSR count). The lowest BCUT2D eigenvalue weighted by atomic mass is 10.3.